The van der Waals surface area contributed by atoms with Crippen LogP contribution < -0.4 is 21.7 Å². The zero-order chi connectivity index (χ0) is 24.3. The van der Waals surface area contributed by atoms with Gasteiger partial charge in [0, 0.05) is 24.9 Å². The summed E-state index contributed by atoms with van der Waals surface area (Å²) in [6, 6.07) is 1.32. The molecular weight excluding hydrogens is 487 g/mol. The SMILES string of the molecule is Cc1nc2sc(C(=O)NC3CCc4nc(N5CC(N)C6(CCCCO6)C5)c(F)cc4C3)c(N)c2s1. The van der Waals surface area contributed by atoms with Crippen LogP contribution in [0.1, 0.15) is 51.6 Å². The van der Waals surface area contributed by atoms with E-state index in [4.69, 9.17) is 21.2 Å². The average Bonchev–Trinajstić information content (AvgIpc) is 3.45. The van der Waals surface area contributed by atoms with Crippen molar-refractivity contribution in [3.8, 4) is 0 Å². The summed E-state index contributed by atoms with van der Waals surface area (Å²) in [4.78, 5) is 25.4. The van der Waals surface area contributed by atoms with Crippen LogP contribution in [0.5, 0.6) is 0 Å². The minimum atomic E-state index is -0.399. The van der Waals surface area contributed by atoms with Crippen molar-refractivity contribution in [3.05, 3.63) is 33.0 Å². The Morgan fingerprint density at radius 3 is 2.97 bits per heavy atom. The molecule has 0 aromatic carbocycles. The number of aryl methyl sites for hydroxylation is 2. The van der Waals surface area contributed by atoms with Gasteiger partial charge >= 0.3 is 0 Å². The number of nitrogen functional groups attached to an aromatic ring is 1. The predicted molar refractivity (Wildman–Crippen MR) is 137 cm³/mol. The normalized spacial score (nSPS) is 26.4. The number of amides is 1. The van der Waals surface area contributed by atoms with Crippen LogP contribution in [-0.2, 0) is 17.6 Å². The summed E-state index contributed by atoms with van der Waals surface area (Å²) < 4.78 is 22.2. The van der Waals surface area contributed by atoms with E-state index in [0.717, 1.165) is 51.5 Å². The van der Waals surface area contributed by atoms with Crippen molar-refractivity contribution < 1.29 is 13.9 Å². The number of nitrogens with one attached hydrogen (secondary N) is 1. The zero-order valence-corrected chi connectivity index (χ0v) is 21.2. The number of nitrogens with two attached hydrogens (primary N) is 2. The molecule has 1 spiro atoms. The highest BCUT2D eigenvalue weighted by Gasteiger charge is 2.47. The number of carbonyl (C=O) groups excluding carboxylic acids is 1. The van der Waals surface area contributed by atoms with E-state index in [1.54, 1.807) is 6.07 Å². The second kappa shape index (κ2) is 8.65. The highest BCUT2D eigenvalue weighted by Crippen LogP contribution is 2.38. The predicted octanol–water partition coefficient (Wildman–Crippen LogP) is 3.16. The zero-order valence-electron chi connectivity index (χ0n) is 19.6. The van der Waals surface area contributed by atoms with E-state index in [2.05, 4.69) is 10.3 Å². The molecule has 3 aromatic rings. The van der Waals surface area contributed by atoms with Crippen LogP contribution >= 0.6 is 22.7 Å². The Morgan fingerprint density at radius 1 is 1.34 bits per heavy atom. The fourth-order valence-corrected chi connectivity index (χ4v) is 7.75. The van der Waals surface area contributed by atoms with Crippen molar-refractivity contribution >= 4 is 49.6 Å². The minimum Gasteiger partial charge on any atom is -0.396 e. The van der Waals surface area contributed by atoms with Crippen LogP contribution in [0.4, 0.5) is 15.9 Å². The number of nitrogens with zero attached hydrogens (tertiary/aromatic N) is 3. The lowest BCUT2D eigenvalue weighted by atomic mass is 9.89. The van der Waals surface area contributed by atoms with E-state index < -0.39 is 5.60 Å². The van der Waals surface area contributed by atoms with Gasteiger partial charge in [0.2, 0.25) is 0 Å². The molecule has 0 saturated carbocycles. The maximum absolute atomic E-state index is 15.2. The number of aromatic nitrogens is 2. The summed E-state index contributed by atoms with van der Waals surface area (Å²) in [5.41, 5.74) is 14.5. The Hall–Kier alpha value is -2.34. The molecule has 8 nitrogen and oxygen atoms in total. The molecule has 5 heterocycles. The van der Waals surface area contributed by atoms with Crippen LogP contribution in [0.25, 0.3) is 9.53 Å². The van der Waals surface area contributed by atoms with Gasteiger partial charge < -0.3 is 26.4 Å². The van der Waals surface area contributed by atoms with Crippen LogP contribution in [0, 0.1) is 12.7 Å². The molecule has 0 radical (unpaired) electrons. The Morgan fingerprint density at radius 2 is 2.20 bits per heavy atom. The third-order valence-corrected chi connectivity index (χ3v) is 9.72. The van der Waals surface area contributed by atoms with Crippen molar-refractivity contribution in [2.75, 3.05) is 30.3 Å². The number of thiophene rings is 1. The van der Waals surface area contributed by atoms with E-state index in [1.807, 2.05) is 11.8 Å². The number of anilines is 2. The number of ether oxygens (including phenoxy) is 1. The Labute approximate surface area is 210 Å². The molecule has 1 amide bonds. The molecule has 2 fully saturated rings. The lowest BCUT2D eigenvalue weighted by Gasteiger charge is -2.36. The number of hydrogen-bond acceptors (Lipinski definition) is 9. The summed E-state index contributed by atoms with van der Waals surface area (Å²) in [6.45, 7) is 3.74. The Balaban J connectivity index is 1.17. The van der Waals surface area contributed by atoms with Crippen molar-refractivity contribution in [1.82, 2.24) is 15.3 Å². The number of carbonyl (C=O) groups is 1. The first kappa shape index (κ1) is 23.1. The molecule has 3 aliphatic rings. The van der Waals surface area contributed by atoms with Gasteiger partial charge in [0.1, 0.15) is 15.3 Å². The summed E-state index contributed by atoms with van der Waals surface area (Å²) >= 11 is 2.82. The average molecular weight is 517 g/mol. The van der Waals surface area contributed by atoms with Crippen LogP contribution in [-0.4, -0.2) is 53.3 Å². The van der Waals surface area contributed by atoms with Gasteiger partial charge in [-0.25, -0.2) is 14.4 Å². The highest BCUT2D eigenvalue weighted by atomic mass is 32.1. The van der Waals surface area contributed by atoms with Crippen molar-refractivity contribution in [3.63, 3.8) is 0 Å². The number of halogens is 1. The number of fused-ring (bicyclic) bond motifs is 2. The van der Waals surface area contributed by atoms with Crippen molar-refractivity contribution in [2.24, 2.45) is 5.73 Å². The topological polar surface area (TPSA) is 119 Å². The molecule has 186 valence electrons. The molecule has 6 rings (SSSR count). The molecule has 5 N–H and O–H groups in total. The lowest BCUT2D eigenvalue weighted by molar-refractivity contribution is -0.0717. The molecule has 3 atom stereocenters. The molecule has 1 aliphatic carbocycles. The third kappa shape index (κ3) is 3.98. The molecular formula is C24H29FN6O2S2. The maximum atomic E-state index is 15.2. The smallest absolute Gasteiger partial charge is 0.263 e. The van der Waals surface area contributed by atoms with Crippen LogP contribution in [0.3, 0.4) is 0 Å². The summed E-state index contributed by atoms with van der Waals surface area (Å²) in [6.07, 6.45) is 4.98. The molecule has 3 unspecified atom stereocenters. The summed E-state index contributed by atoms with van der Waals surface area (Å²) in [7, 11) is 0. The number of rotatable bonds is 3. The van der Waals surface area contributed by atoms with Crippen LogP contribution in [0.15, 0.2) is 6.07 Å². The van der Waals surface area contributed by atoms with E-state index >= 15 is 4.39 Å². The van der Waals surface area contributed by atoms with Crippen molar-refractivity contribution in [2.45, 2.75) is 63.1 Å². The number of hydrogen-bond donors (Lipinski definition) is 3. The van der Waals surface area contributed by atoms with Crippen LogP contribution in [0.2, 0.25) is 0 Å². The maximum Gasteiger partial charge on any atom is 0.263 e. The number of pyridine rings is 1. The van der Waals surface area contributed by atoms with Gasteiger partial charge in [-0.15, -0.1) is 22.7 Å². The van der Waals surface area contributed by atoms with E-state index in [-0.39, 0.29) is 23.8 Å². The molecule has 35 heavy (non-hydrogen) atoms. The fraction of sp³-hybridized carbons (Fsp3) is 0.542. The van der Waals surface area contributed by atoms with Gasteiger partial charge in [-0.1, -0.05) is 0 Å². The first-order chi connectivity index (χ1) is 16.8. The standard InChI is InChI=1S/C24H29FN6O2S2/c1-12-28-23-20(34-12)18(27)19(35-23)22(32)29-14-4-5-16-13(8-14)9-15(25)21(30-16)31-10-17(26)24(11-31)6-2-3-7-33-24/h9,14,17H,2-8,10-11,26-27H2,1H3,(H,29,32). The first-order valence-corrected chi connectivity index (χ1v) is 13.8. The van der Waals surface area contributed by atoms with Crippen molar-refractivity contribution in [1.29, 1.82) is 0 Å². The monoisotopic (exact) mass is 516 g/mol. The van der Waals surface area contributed by atoms with Gasteiger partial charge in [-0.2, -0.15) is 0 Å². The third-order valence-electron chi connectivity index (χ3n) is 7.49. The molecule has 0 bridgehead atoms. The molecule has 11 heteroatoms. The van der Waals surface area contributed by atoms with E-state index in [0.29, 0.717) is 48.9 Å². The molecule has 3 aromatic heterocycles. The van der Waals surface area contributed by atoms with Gasteiger partial charge in [0.05, 0.1) is 28.0 Å². The Kier molecular flexibility index (Phi) is 5.70. The Bertz CT molecular complexity index is 1300. The fourth-order valence-electron chi connectivity index (χ4n) is 5.65. The van der Waals surface area contributed by atoms with Gasteiger partial charge in [0.25, 0.3) is 5.91 Å². The lowest BCUT2D eigenvalue weighted by Crippen LogP contribution is -2.51. The van der Waals surface area contributed by atoms with Gasteiger partial charge in [-0.05, 0) is 57.1 Å². The summed E-state index contributed by atoms with van der Waals surface area (Å²) in [5.74, 6) is -0.181. The largest absolute Gasteiger partial charge is 0.396 e. The van der Waals surface area contributed by atoms with E-state index in [9.17, 15) is 4.79 Å². The van der Waals surface area contributed by atoms with Gasteiger partial charge in [0.15, 0.2) is 11.6 Å². The molecule has 2 aliphatic heterocycles. The second-order valence-electron chi connectivity index (χ2n) is 9.88. The quantitative estimate of drug-likeness (QED) is 0.489. The molecule has 2 saturated heterocycles. The first-order valence-electron chi connectivity index (χ1n) is 12.1. The second-order valence-corrected chi connectivity index (χ2v) is 12.1. The van der Waals surface area contributed by atoms with E-state index in [1.165, 1.54) is 22.7 Å². The number of thiazole rings is 1. The van der Waals surface area contributed by atoms with Gasteiger partial charge in [-0.3, -0.25) is 4.79 Å². The summed E-state index contributed by atoms with van der Waals surface area (Å²) in [5, 5.41) is 4.02. The minimum absolute atomic E-state index is 0.101. The highest BCUT2D eigenvalue weighted by molar-refractivity contribution is 7.29.